The number of hydrogen-bond donors (Lipinski definition) is 2. The molecule has 0 radical (unpaired) electrons. The fraction of sp³-hybridized carbons (Fsp3) is 0.588. The Morgan fingerprint density at radius 2 is 1.88 bits per heavy atom. The van der Waals surface area contributed by atoms with E-state index in [4.69, 9.17) is 5.73 Å². The van der Waals surface area contributed by atoms with Gasteiger partial charge in [-0.25, -0.2) is 8.42 Å². The molecule has 0 bridgehead atoms. The molecular weight excluding hydrogens is 362 g/mol. The zero-order chi connectivity index (χ0) is 17.6. The highest BCUT2D eigenvalue weighted by Gasteiger charge is 2.29. The summed E-state index contributed by atoms with van der Waals surface area (Å²) in [5.74, 6) is 0.345. The molecule has 1 aromatic rings. The van der Waals surface area contributed by atoms with Gasteiger partial charge in [-0.15, -0.1) is 12.4 Å². The van der Waals surface area contributed by atoms with Crippen LogP contribution in [-0.4, -0.2) is 44.3 Å². The monoisotopic (exact) mass is 389 g/mol. The maximum absolute atomic E-state index is 12.6. The lowest BCUT2D eigenvalue weighted by molar-refractivity contribution is -0.121. The van der Waals surface area contributed by atoms with E-state index in [-0.39, 0.29) is 24.4 Å². The molecule has 3 N–H and O–H groups in total. The summed E-state index contributed by atoms with van der Waals surface area (Å²) in [4.78, 5) is 12.1. The summed E-state index contributed by atoms with van der Waals surface area (Å²) in [5, 5.41) is 2.93. The predicted molar refractivity (Wildman–Crippen MR) is 101 cm³/mol. The van der Waals surface area contributed by atoms with Gasteiger partial charge in [-0.1, -0.05) is 18.2 Å². The lowest BCUT2D eigenvalue weighted by Crippen LogP contribution is -2.41. The molecule has 0 aliphatic carbocycles. The van der Waals surface area contributed by atoms with Gasteiger partial charge in [-0.2, -0.15) is 4.31 Å². The van der Waals surface area contributed by atoms with Gasteiger partial charge in [0.25, 0.3) is 0 Å². The van der Waals surface area contributed by atoms with Crippen LogP contribution >= 0.6 is 12.4 Å². The van der Waals surface area contributed by atoms with Gasteiger partial charge < -0.3 is 11.1 Å². The maximum Gasteiger partial charge on any atom is 0.243 e. The molecule has 1 heterocycles. The van der Waals surface area contributed by atoms with Crippen molar-refractivity contribution in [1.29, 1.82) is 0 Å². The quantitative estimate of drug-likeness (QED) is 0.743. The number of nitrogens with one attached hydrogen (secondary N) is 1. The average Bonchev–Trinajstić information content (AvgIpc) is 2.59. The van der Waals surface area contributed by atoms with Crippen LogP contribution in [0.2, 0.25) is 0 Å². The maximum atomic E-state index is 12.6. The van der Waals surface area contributed by atoms with Gasteiger partial charge in [0.2, 0.25) is 15.9 Å². The number of hydrogen-bond acceptors (Lipinski definition) is 4. The molecule has 0 saturated carbocycles. The molecule has 142 valence electrons. The van der Waals surface area contributed by atoms with E-state index in [1.807, 2.05) is 6.92 Å². The Labute approximate surface area is 156 Å². The number of piperidine rings is 1. The van der Waals surface area contributed by atoms with E-state index in [0.717, 1.165) is 12.8 Å². The number of rotatable bonds is 7. The summed E-state index contributed by atoms with van der Waals surface area (Å²) >= 11 is 0. The van der Waals surface area contributed by atoms with E-state index in [9.17, 15) is 13.2 Å². The molecule has 1 aliphatic rings. The van der Waals surface area contributed by atoms with Gasteiger partial charge >= 0.3 is 0 Å². The SMILES string of the molecule is CC(N)CCC(=O)NCC1CCN(S(=O)(=O)c2ccccc2)CC1.Cl. The molecule has 1 aliphatic heterocycles. The van der Waals surface area contributed by atoms with Gasteiger partial charge in [-0.3, -0.25) is 4.79 Å². The third kappa shape index (κ3) is 6.58. The molecule has 0 aromatic heterocycles. The van der Waals surface area contributed by atoms with Crippen LogP contribution in [0.15, 0.2) is 35.2 Å². The second-order valence-corrected chi connectivity index (χ2v) is 8.42. The Balaban J connectivity index is 0.00000312. The molecule has 25 heavy (non-hydrogen) atoms. The third-order valence-electron chi connectivity index (χ3n) is 4.37. The van der Waals surface area contributed by atoms with Crippen LogP contribution in [0.25, 0.3) is 0 Å². The van der Waals surface area contributed by atoms with Crippen LogP contribution in [0.3, 0.4) is 0 Å². The molecule has 6 nitrogen and oxygen atoms in total. The Morgan fingerprint density at radius 3 is 2.44 bits per heavy atom. The van der Waals surface area contributed by atoms with Crippen molar-refractivity contribution >= 4 is 28.3 Å². The standard InChI is InChI=1S/C17H27N3O3S.ClH/c1-14(18)7-8-17(21)19-13-15-9-11-20(12-10-15)24(22,23)16-5-3-2-4-6-16;/h2-6,14-15H,7-13,18H2,1H3,(H,19,21);1H. The summed E-state index contributed by atoms with van der Waals surface area (Å²) in [6.07, 6.45) is 2.65. The minimum atomic E-state index is -3.40. The molecule has 1 fully saturated rings. The summed E-state index contributed by atoms with van der Waals surface area (Å²) in [7, 11) is -3.40. The van der Waals surface area contributed by atoms with E-state index in [2.05, 4.69) is 5.32 Å². The number of amides is 1. The van der Waals surface area contributed by atoms with Crippen LogP contribution in [0, 0.1) is 5.92 Å². The minimum absolute atomic E-state index is 0. The van der Waals surface area contributed by atoms with Gasteiger partial charge in [-0.05, 0) is 44.2 Å². The van der Waals surface area contributed by atoms with Crippen molar-refractivity contribution in [2.45, 2.75) is 43.5 Å². The highest BCUT2D eigenvalue weighted by atomic mass is 35.5. The Morgan fingerprint density at radius 1 is 1.28 bits per heavy atom. The van der Waals surface area contributed by atoms with Crippen LogP contribution in [0.5, 0.6) is 0 Å². The van der Waals surface area contributed by atoms with Crippen LogP contribution in [-0.2, 0) is 14.8 Å². The van der Waals surface area contributed by atoms with E-state index >= 15 is 0 Å². The number of nitrogens with two attached hydrogens (primary N) is 1. The molecule has 2 rings (SSSR count). The zero-order valence-electron chi connectivity index (χ0n) is 14.6. The normalized spacial score (nSPS) is 17.5. The Kier molecular flexibility index (Phi) is 8.85. The summed E-state index contributed by atoms with van der Waals surface area (Å²) in [6, 6.07) is 8.55. The molecular formula is C17H28ClN3O3S. The van der Waals surface area contributed by atoms with Crippen LogP contribution in [0.1, 0.15) is 32.6 Å². The number of halogens is 1. The van der Waals surface area contributed by atoms with Gasteiger partial charge in [0.15, 0.2) is 0 Å². The molecule has 8 heteroatoms. The van der Waals surface area contributed by atoms with Gasteiger partial charge in [0.1, 0.15) is 0 Å². The first-order valence-electron chi connectivity index (χ1n) is 8.47. The van der Waals surface area contributed by atoms with Gasteiger partial charge in [0.05, 0.1) is 4.90 Å². The molecule has 1 saturated heterocycles. The first-order valence-corrected chi connectivity index (χ1v) is 9.91. The Hall–Kier alpha value is -1.15. The fourth-order valence-corrected chi connectivity index (χ4v) is 4.29. The van der Waals surface area contributed by atoms with Crippen molar-refractivity contribution in [1.82, 2.24) is 9.62 Å². The number of carbonyl (C=O) groups is 1. The largest absolute Gasteiger partial charge is 0.356 e. The number of carbonyl (C=O) groups excluding carboxylic acids is 1. The molecule has 1 amide bonds. The van der Waals surface area contributed by atoms with Crippen molar-refractivity contribution in [3.8, 4) is 0 Å². The second kappa shape index (κ2) is 10.1. The van der Waals surface area contributed by atoms with E-state index in [0.29, 0.717) is 43.3 Å². The van der Waals surface area contributed by atoms with Crippen molar-refractivity contribution < 1.29 is 13.2 Å². The van der Waals surface area contributed by atoms with Gasteiger partial charge in [0, 0.05) is 32.1 Å². The minimum Gasteiger partial charge on any atom is -0.356 e. The second-order valence-electron chi connectivity index (χ2n) is 6.48. The van der Waals surface area contributed by atoms with Crippen LogP contribution < -0.4 is 11.1 Å². The van der Waals surface area contributed by atoms with E-state index < -0.39 is 10.0 Å². The summed E-state index contributed by atoms with van der Waals surface area (Å²) < 4.78 is 26.6. The highest BCUT2D eigenvalue weighted by Crippen LogP contribution is 2.23. The van der Waals surface area contributed by atoms with Crippen LogP contribution in [0.4, 0.5) is 0 Å². The number of nitrogens with zero attached hydrogens (tertiary/aromatic N) is 1. The molecule has 1 atom stereocenters. The first-order chi connectivity index (χ1) is 11.4. The predicted octanol–water partition coefficient (Wildman–Crippen LogP) is 1.75. The fourth-order valence-electron chi connectivity index (χ4n) is 2.80. The van der Waals surface area contributed by atoms with Crippen molar-refractivity contribution in [2.75, 3.05) is 19.6 Å². The summed E-state index contributed by atoms with van der Waals surface area (Å²) in [6.45, 7) is 3.49. The van der Waals surface area contributed by atoms with E-state index in [1.54, 1.807) is 30.3 Å². The third-order valence-corrected chi connectivity index (χ3v) is 6.28. The lowest BCUT2D eigenvalue weighted by Gasteiger charge is -2.31. The number of sulfonamides is 1. The topological polar surface area (TPSA) is 92.5 Å². The smallest absolute Gasteiger partial charge is 0.243 e. The lowest BCUT2D eigenvalue weighted by atomic mass is 9.98. The zero-order valence-corrected chi connectivity index (χ0v) is 16.2. The molecule has 1 unspecified atom stereocenters. The van der Waals surface area contributed by atoms with Crippen molar-refractivity contribution in [3.63, 3.8) is 0 Å². The van der Waals surface area contributed by atoms with E-state index in [1.165, 1.54) is 4.31 Å². The molecule has 0 spiro atoms. The van der Waals surface area contributed by atoms with Crippen molar-refractivity contribution in [2.24, 2.45) is 11.7 Å². The highest BCUT2D eigenvalue weighted by molar-refractivity contribution is 7.89. The van der Waals surface area contributed by atoms with Crippen molar-refractivity contribution in [3.05, 3.63) is 30.3 Å². The number of benzene rings is 1. The first kappa shape index (κ1) is 21.9. The Bertz CT molecular complexity index is 630. The summed E-state index contributed by atoms with van der Waals surface area (Å²) in [5.41, 5.74) is 5.64. The molecule has 1 aromatic carbocycles. The average molecular weight is 390 g/mol.